The molecule has 0 bridgehead atoms. The molecule has 0 saturated carbocycles. The first-order valence-corrected chi connectivity index (χ1v) is 12.7. The van der Waals surface area contributed by atoms with Gasteiger partial charge in [0, 0.05) is 12.8 Å². The lowest BCUT2D eigenvalue weighted by atomic mass is 10.1. The van der Waals surface area contributed by atoms with Crippen molar-refractivity contribution < 1.29 is 19.8 Å². The summed E-state index contributed by atoms with van der Waals surface area (Å²) in [5.74, 6) is -1.25. The first-order valence-electron chi connectivity index (χ1n) is 12.7. The predicted molar refractivity (Wildman–Crippen MR) is 149 cm³/mol. The summed E-state index contributed by atoms with van der Waals surface area (Å²) in [4.78, 5) is 23.6. The maximum Gasteiger partial charge on any atom is 0.326 e. The van der Waals surface area contributed by atoms with Gasteiger partial charge in [-0.25, -0.2) is 4.79 Å². The molecule has 0 aliphatic carbocycles. The summed E-state index contributed by atoms with van der Waals surface area (Å²) in [5, 5.41) is 21.3. The third-order valence-corrected chi connectivity index (χ3v) is 5.14. The van der Waals surface area contributed by atoms with E-state index in [1.165, 1.54) is 12.1 Å². The van der Waals surface area contributed by atoms with Crippen LogP contribution in [-0.4, -0.2) is 28.1 Å². The predicted octanol–water partition coefficient (Wildman–Crippen LogP) is 6.98. The molecule has 5 heteroatoms. The Hall–Kier alpha value is -3.60. The molecule has 5 nitrogen and oxygen atoms in total. The number of phenols is 1. The van der Waals surface area contributed by atoms with E-state index in [2.05, 4.69) is 73.0 Å². The number of phenolic OH excluding ortho intramolecular Hbond substituents is 1. The minimum Gasteiger partial charge on any atom is -0.508 e. The lowest BCUT2D eigenvalue weighted by Gasteiger charge is -2.14. The quantitative estimate of drug-likeness (QED) is 0.193. The molecule has 0 fully saturated rings. The Morgan fingerprint density at radius 2 is 1.19 bits per heavy atom. The van der Waals surface area contributed by atoms with Crippen LogP contribution in [0.3, 0.4) is 0 Å². The minimum atomic E-state index is -1.08. The van der Waals surface area contributed by atoms with Crippen molar-refractivity contribution in [3.8, 4) is 5.75 Å². The van der Waals surface area contributed by atoms with Crippen LogP contribution in [0.15, 0.2) is 97.2 Å². The maximum absolute atomic E-state index is 12.1. The summed E-state index contributed by atoms with van der Waals surface area (Å²) in [6, 6.07) is 5.30. The van der Waals surface area contributed by atoms with E-state index < -0.39 is 12.0 Å². The molecule has 194 valence electrons. The van der Waals surface area contributed by atoms with Crippen molar-refractivity contribution in [2.24, 2.45) is 0 Å². The molecular weight excluding hydrogens is 450 g/mol. The molecule has 1 amide bonds. The van der Waals surface area contributed by atoms with Crippen LogP contribution in [0.4, 0.5) is 0 Å². The minimum absolute atomic E-state index is 0.117. The number of aliphatic carboxylic acids is 1. The number of hydrogen-bond acceptors (Lipinski definition) is 3. The Morgan fingerprint density at radius 1 is 0.750 bits per heavy atom. The Bertz CT molecular complexity index is 920. The van der Waals surface area contributed by atoms with E-state index in [9.17, 15) is 19.8 Å². The number of nitrogens with one attached hydrogen (secondary N) is 1. The lowest BCUT2D eigenvalue weighted by Crippen LogP contribution is -2.42. The number of amides is 1. The summed E-state index contributed by atoms with van der Waals surface area (Å²) in [7, 11) is 0. The number of aromatic hydroxyl groups is 1. The second-order valence-electron chi connectivity index (χ2n) is 8.28. The van der Waals surface area contributed by atoms with Gasteiger partial charge in [0.15, 0.2) is 0 Å². The van der Waals surface area contributed by atoms with Crippen LogP contribution in [0.25, 0.3) is 0 Å². The van der Waals surface area contributed by atoms with Crippen molar-refractivity contribution >= 4 is 11.9 Å². The number of carbonyl (C=O) groups is 2. The Kier molecular flexibility index (Phi) is 17.5. The van der Waals surface area contributed by atoms with Crippen LogP contribution in [0.5, 0.6) is 5.75 Å². The molecule has 1 rings (SSSR count). The van der Waals surface area contributed by atoms with Gasteiger partial charge in [-0.2, -0.15) is 0 Å². The molecule has 0 unspecified atom stereocenters. The summed E-state index contributed by atoms with van der Waals surface area (Å²) >= 11 is 0. The fourth-order valence-corrected chi connectivity index (χ4v) is 3.19. The van der Waals surface area contributed by atoms with Gasteiger partial charge in [0.05, 0.1) is 0 Å². The van der Waals surface area contributed by atoms with Crippen LogP contribution in [0.1, 0.15) is 63.9 Å². The van der Waals surface area contributed by atoms with Gasteiger partial charge in [0.25, 0.3) is 0 Å². The number of rotatable bonds is 18. The molecule has 0 heterocycles. The van der Waals surface area contributed by atoms with Crippen LogP contribution in [-0.2, 0) is 16.0 Å². The standard InChI is InChI=1S/C31H41NO4/c1-2-3-4-5-6-7-8-9-10-11-12-13-14-15-16-17-18-19-20-21-30(34)32-29(31(35)36)26-27-22-24-28(33)25-23-27/h3-4,6-7,9-10,12-13,15-16,18-19,22-25,29,33H,2,5,8,11,14,17,20-21,26H2,1H3,(H,32,34)(H,35,36)/b4-3-,7-6-,10-9-,13-12-,16-15-,19-18-/t29-/m0/s1. The van der Waals surface area contributed by atoms with Gasteiger partial charge in [-0.05, 0) is 62.6 Å². The number of carbonyl (C=O) groups excluding carboxylic acids is 1. The van der Waals surface area contributed by atoms with Crippen molar-refractivity contribution in [2.75, 3.05) is 0 Å². The number of carboxylic acid groups (broad SMARTS) is 1. The normalized spacial score (nSPS) is 13.2. The highest BCUT2D eigenvalue weighted by atomic mass is 16.4. The maximum atomic E-state index is 12.1. The highest BCUT2D eigenvalue weighted by molar-refractivity contribution is 5.83. The zero-order valence-corrected chi connectivity index (χ0v) is 21.4. The highest BCUT2D eigenvalue weighted by Crippen LogP contribution is 2.11. The van der Waals surface area contributed by atoms with Crippen molar-refractivity contribution in [1.29, 1.82) is 0 Å². The molecule has 0 radical (unpaired) electrons. The Balaban J connectivity index is 2.13. The van der Waals surface area contributed by atoms with E-state index in [0.29, 0.717) is 6.42 Å². The molecular formula is C31H41NO4. The second kappa shape index (κ2) is 20.7. The fourth-order valence-electron chi connectivity index (χ4n) is 3.19. The average Bonchev–Trinajstić information content (AvgIpc) is 2.86. The molecule has 0 aromatic heterocycles. The van der Waals surface area contributed by atoms with E-state index in [1.807, 2.05) is 12.2 Å². The molecule has 0 saturated heterocycles. The molecule has 1 aromatic rings. The van der Waals surface area contributed by atoms with Crippen LogP contribution < -0.4 is 5.32 Å². The van der Waals surface area contributed by atoms with Crippen LogP contribution in [0.2, 0.25) is 0 Å². The van der Waals surface area contributed by atoms with Crippen LogP contribution in [0, 0.1) is 0 Å². The number of benzene rings is 1. The van der Waals surface area contributed by atoms with Crippen molar-refractivity contribution in [3.05, 3.63) is 103 Å². The molecule has 1 aromatic carbocycles. The van der Waals surface area contributed by atoms with E-state index in [-0.39, 0.29) is 24.5 Å². The van der Waals surface area contributed by atoms with Gasteiger partial charge in [-0.15, -0.1) is 0 Å². The molecule has 36 heavy (non-hydrogen) atoms. The zero-order valence-electron chi connectivity index (χ0n) is 21.4. The van der Waals surface area contributed by atoms with E-state index in [0.717, 1.165) is 44.1 Å². The third kappa shape index (κ3) is 16.9. The number of carboxylic acids is 1. The molecule has 0 spiro atoms. The van der Waals surface area contributed by atoms with Gasteiger partial charge >= 0.3 is 5.97 Å². The van der Waals surface area contributed by atoms with Gasteiger partial charge in [-0.3, -0.25) is 4.79 Å². The largest absolute Gasteiger partial charge is 0.508 e. The van der Waals surface area contributed by atoms with Gasteiger partial charge < -0.3 is 15.5 Å². The highest BCUT2D eigenvalue weighted by Gasteiger charge is 2.19. The SMILES string of the molecule is CC/C=C\C/C=C\C/C=C\C/C=C\C/C=C\C/C=C\CCC(=O)N[C@@H](Cc1ccc(O)cc1)C(=O)O. The summed E-state index contributed by atoms with van der Waals surface area (Å²) in [6.45, 7) is 2.14. The number of allylic oxidation sites excluding steroid dienone is 12. The van der Waals surface area contributed by atoms with E-state index >= 15 is 0 Å². The topological polar surface area (TPSA) is 86.6 Å². The lowest BCUT2D eigenvalue weighted by molar-refractivity contribution is -0.141. The average molecular weight is 492 g/mol. The smallest absolute Gasteiger partial charge is 0.326 e. The van der Waals surface area contributed by atoms with Crippen LogP contribution >= 0.6 is 0 Å². The molecule has 3 N–H and O–H groups in total. The van der Waals surface area contributed by atoms with Gasteiger partial charge in [0.2, 0.25) is 5.91 Å². The number of hydrogen-bond donors (Lipinski definition) is 3. The van der Waals surface area contributed by atoms with E-state index in [4.69, 9.17) is 0 Å². The van der Waals surface area contributed by atoms with Gasteiger partial charge in [-0.1, -0.05) is 92.0 Å². The van der Waals surface area contributed by atoms with Crippen molar-refractivity contribution in [1.82, 2.24) is 5.32 Å². The van der Waals surface area contributed by atoms with E-state index in [1.54, 1.807) is 12.1 Å². The van der Waals surface area contributed by atoms with Crippen molar-refractivity contribution in [2.45, 2.75) is 70.8 Å². The first-order chi connectivity index (χ1) is 17.5. The Labute approximate surface area is 216 Å². The molecule has 0 aliphatic rings. The third-order valence-electron chi connectivity index (χ3n) is 5.14. The van der Waals surface area contributed by atoms with Gasteiger partial charge in [0.1, 0.15) is 11.8 Å². The zero-order chi connectivity index (χ0) is 26.3. The first kappa shape index (κ1) is 30.4. The summed E-state index contributed by atoms with van der Waals surface area (Å²) in [5.41, 5.74) is 0.734. The molecule has 1 atom stereocenters. The van der Waals surface area contributed by atoms with Crippen molar-refractivity contribution in [3.63, 3.8) is 0 Å². The summed E-state index contributed by atoms with van der Waals surface area (Å²) < 4.78 is 0. The fraction of sp³-hybridized carbons (Fsp3) is 0.355. The Morgan fingerprint density at radius 3 is 1.64 bits per heavy atom. The summed E-state index contributed by atoms with van der Waals surface area (Å²) in [6.07, 6.45) is 32.2. The molecule has 0 aliphatic heterocycles. The monoisotopic (exact) mass is 491 g/mol. The second-order valence-corrected chi connectivity index (χ2v) is 8.28.